The van der Waals surface area contributed by atoms with E-state index in [0.29, 0.717) is 17.6 Å². The fourth-order valence-electron chi connectivity index (χ4n) is 1.44. The van der Waals surface area contributed by atoms with Gasteiger partial charge < -0.3 is 10.2 Å². The van der Waals surface area contributed by atoms with Crippen LogP contribution in [0.15, 0.2) is 34.7 Å². The Morgan fingerprint density at radius 2 is 2.06 bits per heavy atom. The second-order valence-corrected chi connectivity index (χ2v) is 3.79. The highest BCUT2D eigenvalue weighted by molar-refractivity contribution is 6.33. The number of carbonyl (C=O) groups is 2. The van der Waals surface area contributed by atoms with Crippen LogP contribution in [-0.4, -0.2) is 12.2 Å². The highest BCUT2D eigenvalue weighted by atomic mass is 35.5. The standard InChI is InChI=1S/C12H8ClNO3/c13-10-3-1-7(5-9(10)12(14)16)11-4-2-8(6-15)17-11/h1-6H,(H2,14,16). The van der Waals surface area contributed by atoms with Crippen LogP contribution in [0.1, 0.15) is 20.9 Å². The number of carbonyl (C=O) groups excluding carboxylic acids is 2. The predicted octanol–water partition coefficient (Wildman–Crippen LogP) is 2.51. The summed E-state index contributed by atoms with van der Waals surface area (Å²) in [5, 5.41) is 0.281. The number of nitrogens with two attached hydrogens (primary N) is 1. The van der Waals surface area contributed by atoms with Gasteiger partial charge in [-0.25, -0.2) is 0 Å². The van der Waals surface area contributed by atoms with Crippen LogP contribution in [0.2, 0.25) is 5.02 Å². The molecule has 0 fully saturated rings. The average molecular weight is 250 g/mol. The van der Waals surface area contributed by atoms with E-state index in [0.717, 1.165) is 0 Å². The fourth-order valence-corrected chi connectivity index (χ4v) is 1.65. The zero-order valence-electron chi connectivity index (χ0n) is 8.64. The van der Waals surface area contributed by atoms with E-state index in [2.05, 4.69) is 0 Å². The molecule has 17 heavy (non-hydrogen) atoms. The number of primary amides is 1. The van der Waals surface area contributed by atoms with Gasteiger partial charge in [-0.05, 0) is 30.3 Å². The van der Waals surface area contributed by atoms with Crippen molar-refractivity contribution < 1.29 is 14.0 Å². The minimum Gasteiger partial charge on any atom is -0.453 e. The molecule has 1 aromatic carbocycles. The second kappa shape index (κ2) is 4.43. The van der Waals surface area contributed by atoms with Crippen molar-refractivity contribution >= 4 is 23.8 Å². The van der Waals surface area contributed by atoms with Gasteiger partial charge in [-0.3, -0.25) is 9.59 Å². The Morgan fingerprint density at radius 1 is 1.29 bits per heavy atom. The summed E-state index contributed by atoms with van der Waals surface area (Å²) >= 11 is 5.82. The SMILES string of the molecule is NC(=O)c1cc(-c2ccc(C=O)o2)ccc1Cl. The topological polar surface area (TPSA) is 73.3 Å². The molecule has 5 heteroatoms. The average Bonchev–Trinajstić information content (AvgIpc) is 2.78. The number of furan rings is 1. The fraction of sp³-hybridized carbons (Fsp3) is 0. The van der Waals surface area contributed by atoms with E-state index >= 15 is 0 Å². The lowest BCUT2D eigenvalue weighted by atomic mass is 10.1. The molecule has 2 rings (SSSR count). The van der Waals surface area contributed by atoms with Gasteiger partial charge in [-0.1, -0.05) is 11.6 Å². The van der Waals surface area contributed by atoms with Crippen LogP contribution < -0.4 is 5.73 Å². The maximum absolute atomic E-state index is 11.1. The largest absolute Gasteiger partial charge is 0.453 e. The minimum atomic E-state index is -0.612. The number of amides is 1. The molecule has 0 unspecified atom stereocenters. The van der Waals surface area contributed by atoms with Crippen molar-refractivity contribution in [2.75, 3.05) is 0 Å². The van der Waals surface area contributed by atoms with Gasteiger partial charge in [0.25, 0.3) is 0 Å². The molecule has 0 saturated heterocycles. The first-order chi connectivity index (χ1) is 8.11. The molecule has 0 saturated carbocycles. The first-order valence-electron chi connectivity index (χ1n) is 4.76. The zero-order chi connectivity index (χ0) is 12.4. The summed E-state index contributed by atoms with van der Waals surface area (Å²) in [7, 11) is 0. The Bertz CT molecular complexity index is 589. The number of hydrogen-bond acceptors (Lipinski definition) is 3. The Hall–Kier alpha value is -2.07. The smallest absolute Gasteiger partial charge is 0.250 e. The van der Waals surface area contributed by atoms with Crippen LogP contribution >= 0.6 is 11.6 Å². The molecule has 0 spiro atoms. The maximum atomic E-state index is 11.1. The zero-order valence-corrected chi connectivity index (χ0v) is 9.40. The highest BCUT2D eigenvalue weighted by Gasteiger charge is 2.10. The van der Waals surface area contributed by atoms with E-state index < -0.39 is 5.91 Å². The summed E-state index contributed by atoms with van der Waals surface area (Å²) in [4.78, 5) is 21.6. The molecule has 4 nitrogen and oxygen atoms in total. The lowest BCUT2D eigenvalue weighted by molar-refractivity contribution is 0.1000. The molecule has 86 valence electrons. The number of rotatable bonds is 3. The van der Waals surface area contributed by atoms with E-state index in [1.165, 1.54) is 6.07 Å². The normalized spacial score (nSPS) is 10.2. The van der Waals surface area contributed by atoms with Crippen LogP contribution in [0.3, 0.4) is 0 Å². The van der Waals surface area contributed by atoms with Crippen molar-refractivity contribution in [1.29, 1.82) is 0 Å². The molecule has 0 aliphatic carbocycles. The van der Waals surface area contributed by atoms with Gasteiger partial charge in [0.05, 0.1) is 10.6 Å². The van der Waals surface area contributed by atoms with Gasteiger partial charge >= 0.3 is 0 Å². The Labute approximate surface area is 102 Å². The number of hydrogen-bond donors (Lipinski definition) is 1. The quantitative estimate of drug-likeness (QED) is 0.850. The van der Waals surface area contributed by atoms with Gasteiger partial charge in [-0.15, -0.1) is 0 Å². The number of aldehydes is 1. The van der Waals surface area contributed by atoms with E-state index in [4.69, 9.17) is 21.8 Å². The van der Waals surface area contributed by atoms with Crippen molar-refractivity contribution in [3.8, 4) is 11.3 Å². The van der Waals surface area contributed by atoms with Crippen LogP contribution in [-0.2, 0) is 0 Å². The maximum Gasteiger partial charge on any atom is 0.250 e. The van der Waals surface area contributed by atoms with Gasteiger partial charge in [0, 0.05) is 5.56 Å². The molecular formula is C12H8ClNO3. The van der Waals surface area contributed by atoms with Crippen molar-refractivity contribution in [2.24, 2.45) is 5.73 Å². The molecule has 0 aliphatic rings. The third-order valence-corrected chi connectivity index (χ3v) is 2.59. The molecule has 0 bridgehead atoms. The number of halogens is 1. The van der Waals surface area contributed by atoms with Crippen LogP contribution in [0.5, 0.6) is 0 Å². The second-order valence-electron chi connectivity index (χ2n) is 3.38. The van der Waals surface area contributed by atoms with Gasteiger partial charge in [0.1, 0.15) is 5.76 Å². The molecule has 1 aromatic heterocycles. The molecular weight excluding hydrogens is 242 g/mol. The Kier molecular flexibility index (Phi) is 2.97. The lowest BCUT2D eigenvalue weighted by Crippen LogP contribution is -2.11. The molecule has 0 aliphatic heterocycles. The predicted molar refractivity (Wildman–Crippen MR) is 63.1 cm³/mol. The van der Waals surface area contributed by atoms with E-state index in [-0.39, 0.29) is 16.3 Å². The minimum absolute atomic E-state index is 0.216. The summed E-state index contributed by atoms with van der Waals surface area (Å²) < 4.78 is 5.23. The van der Waals surface area contributed by atoms with E-state index in [1.54, 1.807) is 24.3 Å². The molecule has 0 radical (unpaired) electrons. The van der Waals surface area contributed by atoms with Crippen LogP contribution in [0.25, 0.3) is 11.3 Å². The summed E-state index contributed by atoms with van der Waals surface area (Å²) in [6.07, 6.45) is 0.606. The molecule has 2 aromatic rings. The third kappa shape index (κ3) is 2.21. The lowest BCUT2D eigenvalue weighted by Gasteiger charge is -2.02. The first kappa shape index (κ1) is 11.4. The van der Waals surface area contributed by atoms with E-state index in [9.17, 15) is 9.59 Å². The van der Waals surface area contributed by atoms with Crippen molar-refractivity contribution in [3.63, 3.8) is 0 Å². The summed E-state index contributed by atoms with van der Waals surface area (Å²) in [5.74, 6) is 0.0841. The summed E-state index contributed by atoms with van der Waals surface area (Å²) in [6, 6.07) is 7.94. The number of benzene rings is 1. The summed E-state index contributed by atoms with van der Waals surface area (Å²) in [5.41, 5.74) is 6.03. The van der Waals surface area contributed by atoms with E-state index in [1.807, 2.05) is 0 Å². The molecule has 0 atom stereocenters. The highest BCUT2D eigenvalue weighted by Crippen LogP contribution is 2.26. The molecule has 1 heterocycles. The van der Waals surface area contributed by atoms with Crippen molar-refractivity contribution in [2.45, 2.75) is 0 Å². The van der Waals surface area contributed by atoms with Gasteiger partial charge in [-0.2, -0.15) is 0 Å². The molecule has 1 amide bonds. The van der Waals surface area contributed by atoms with Crippen LogP contribution in [0, 0.1) is 0 Å². The third-order valence-electron chi connectivity index (χ3n) is 2.26. The van der Waals surface area contributed by atoms with Crippen molar-refractivity contribution in [1.82, 2.24) is 0 Å². The van der Waals surface area contributed by atoms with Gasteiger partial charge in [0.15, 0.2) is 12.0 Å². The Balaban J connectivity index is 2.49. The van der Waals surface area contributed by atoms with Crippen LogP contribution in [0.4, 0.5) is 0 Å². The van der Waals surface area contributed by atoms with Crippen molar-refractivity contribution in [3.05, 3.63) is 46.7 Å². The first-order valence-corrected chi connectivity index (χ1v) is 5.14. The Morgan fingerprint density at radius 3 is 2.65 bits per heavy atom. The van der Waals surface area contributed by atoms with Gasteiger partial charge in [0.2, 0.25) is 5.91 Å². The monoisotopic (exact) mass is 249 g/mol. The molecule has 2 N–H and O–H groups in total. The summed E-state index contributed by atoms with van der Waals surface area (Å²) in [6.45, 7) is 0.